The Morgan fingerprint density at radius 2 is 1.58 bits per heavy atom. The van der Waals surface area contributed by atoms with Crippen LogP contribution < -0.4 is 0 Å². The van der Waals surface area contributed by atoms with E-state index in [1.807, 2.05) is 18.2 Å². The Balaban J connectivity index is 2.08. The fourth-order valence-corrected chi connectivity index (χ4v) is 2.54. The van der Waals surface area contributed by atoms with E-state index >= 15 is 0 Å². The largest absolute Gasteiger partial charge is 0.504 e. The number of hydrogen-bond acceptors (Lipinski definition) is 6. The summed E-state index contributed by atoms with van der Waals surface area (Å²) in [5.41, 5.74) is 1.01. The first-order chi connectivity index (χ1) is 12.6. The molecular weight excluding hydrogens is 334 g/mol. The molecule has 7 heteroatoms. The quantitative estimate of drug-likeness (QED) is 0.296. The van der Waals surface area contributed by atoms with E-state index in [1.165, 1.54) is 18.2 Å². The van der Waals surface area contributed by atoms with Crippen molar-refractivity contribution in [2.45, 2.75) is 6.04 Å². The number of azo groups is 1. The second-order valence-corrected chi connectivity index (χ2v) is 5.49. The minimum absolute atomic E-state index is 0.109. The molecule has 0 amide bonds. The van der Waals surface area contributed by atoms with E-state index in [0.29, 0.717) is 5.56 Å². The van der Waals surface area contributed by atoms with Crippen molar-refractivity contribution in [3.05, 3.63) is 94.0 Å². The predicted octanol–water partition coefficient (Wildman–Crippen LogP) is 4.88. The molecule has 7 nitrogen and oxygen atoms in total. The van der Waals surface area contributed by atoms with Crippen molar-refractivity contribution in [3.8, 4) is 11.5 Å². The summed E-state index contributed by atoms with van der Waals surface area (Å²) in [5, 5.41) is 39.4. The van der Waals surface area contributed by atoms with Crippen LogP contribution in [0.3, 0.4) is 0 Å². The molecule has 0 aromatic heterocycles. The van der Waals surface area contributed by atoms with Crippen molar-refractivity contribution in [2.75, 3.05) is 0 Å². The highest BCUT2D eigenvalue weighted by molar-refractivity contribution is 5.56. The molecule has 2 N–H and O–H groups in total. The molecule has 0 spiro atoms. The molecule has 0 bridgehead atoms. The Morgan fingerprint density at radius 3 is 2.31 bits per heavy atom. The van der Waals surface area contributed by atoms with Gasteiger partial charge in [-0.25, -0.2) is 0 Å². The van der Waals surface area contributed by atoms with Crippen LogP contribution in [0.15, 0.2) is 83.0 Å². The van der Waals surface area contributed by atoms with Gasteiger partial charge >= 0.3 is 0 Å². The molecule has 0 saturated heterocycles. The first kappa shape index (κ1) is 17.1. The fraction of sp³-hybridized carbons (Fsp3) is 0.0526. The van der Waals surface area contributed by atoms with Crippen LogP contribution in [0.5, 0.6) is 11.5 Å². The van der Waals surface area contributed by atoms with Gasteiger partial charge in [0.25, 0.3) is 5.69 Å². The lowest BCUT2D eigenvalue weighted by Crippen LogP contribution is -1.98. The second kappa shape index (κ2) is 7.43. The molecule has 0 saturated carbocycles. The molecule has 0 radical (unpaired) electrons. The van der Waals surface area contributed by atoms with E-state index in [2.05, 4.69) is 10.2 Å². The van der Waals surface area contributed by atoms with Crippen molar-refractivity contribution in [3.63, 3.8) is 0 Å². The van der Waals surface area contributed by atoms with Crippen LogP contribution in [0, 0.1) is 10.1 Å². The van der Waals surface area contributed by atoms with Crippen LogP contribution in [0.25, 0.3) is 0 Å². The molecule has 130 valence electrons. The van der Waals surface area contributed by atoms with Gasteiger partial charge in [-0.15, -0.1) is 5.11 Å². The fourth-order valence-electron chi connectivity index (χ4n) is 2.54. The van der Waals surface area contributed by atoms with Gasteiger partial charge in [0.05, 0.1) is 4.92 Å². The molecule has 3 aromatic carbocycles. The number of para-hydroxylation sites is 2. The number of phenolic OH excluding ortho intramolecular Hbond substituents is 2. The maximum Gasteiger partial charge on any atom is 0.296 e. The molecule has 0 aliphatic carbocycles. The smallest absolute Gasteiger partial charge is 0.296 e. The average molecular weight is 349 g/mol. The first-order valence-electron chi connectivity index (χ1n) is 7.78. The molecule has 0 heterocycles. The topological polar surface area (TPSA) is 108 Å². The lowest BCUT2D eigenvalue weighted by atomic mass is 9.98. The minimum atomic E-state index is -0.733. The zero-order valence-corrected chi connectivity index (χ0v) is 13.6. The summed E-state index contributed by atoms with van der Waals surface area (Å²) < 4.78 is 0. The van der Waals surface area contributed by atoms with Crippen LogP contribution in [0.1, 0.15) is 17.2 Å². The van der Waals surface area contributed by atoms with Crippen LogP contribution in [0.2, 0.25) is 0 Å². The standard InChI is InChI=1S/C19H15N3O4/c23-17-12-6-9-14(19(17)24)18(13-7-2-1-3-8-13)21-20-15-10-4-5-11-16(15)22(25)26/h1-12,18,23-24H. The zero-order chi connectivity index (χ0) is 18.5. The second-order valence-electron chi connectivity index (χ2n) is 5.49. The first-order valence-corrected chi connectivity index (χ1v) is 7.78. The van der Waals surface area contributed by atoms with E-state index in [1.54, 1.807) is 36.4 Å². The zero-order valence-electron chi connectivity index (χ0n) is 13.6. The molecule has 26 heavy (non-hydrogen) atoms. The molecule has 1 unspecified atom stereocenters. The molecule has 0 fully saturated rings. The lowest BCUT2D eigenvalue weighted by Gasteiger charge is -2.14. The van der Waals surface area contributed by atoms with Gasteiger partial charge in [-0.2, -0.15) is 5.11 Å². The number of nitro benzene ring substituents is 1. The summed E-state index contributed by atoms with van der Waals surface area (Å²) in [6, 6.07) is 18.9. The Hall–Kier alpha value is -3.74. The van der Waals surface area contributed by atoms with Gasteiger partial charge in [0.1, 0.15) is 6.04 Å². The van der Waals surface area contributed by atoms with Crippen molar-refractivity contribution < 1.29 is 15.1 Å². The maximum atomic E-state index is 11.1. The third kappa shape index (κ3) is 3.51. The Labute approximate surface area is 149 Å². The number of nitro groups is 1. The van der Waals surface area contributed by atoms with Crippen molar-refractivity contribution >= 4 is 11.4 Å². The minimum Gasteiger partial charge on any atom is -0.504 e. The van der Waals surface area contributed by atoms with Gasteiger partial charge in [-0.3, -0.25) is 10.1 Å². The van der Waals surface area contributed by atoms with E-state index < -0.39 is 11.0 Å². The molecule has 0 aliphatic rings. The van der Waals surface area contributed by atoms with E-state index in [9.17, 15) is 20.3 Å². The van der Waals surface area contributed by atoms with Gasteiger partial charge in [0.15, 0.2) is 17.2 Å². The van der Waals surface area contributed by atoms with Crippen molar-refractivity contribution in [1.82, 2.24) is 0 Å². The number of phenols is 2. The van der Waals surface area contributed by atoms with Gasteiger partial charge in [-0.05, 0) is 17.7 Å². The normalized spacial score (nSPS) is 12.2. The van der Waals surface area contributed by atoms with Gasteiger partial charge in [-0.1, -0.05) is 54.6 Å². The summed E-state index contributed by atoms with van der Waals surface area (Å²) in [5.74, 6) is -0.577. The molecular formula is C19H15N3O4. The third-order valence-corrected chi connectivity index (χ3v) is 3.82. The van der Waals surface area contributed by atoms with Crippen molar-refractivity contribution in [1.29, 1.82) is 0 Å². The number of aromatic hydroxyl groups is 2. The van der Waals surface area contributed by atoms with Gasteiger partial charge in [0.2, 0.25) is 0 Å². The monoisotopic (exact) mass is 349 g/mol. The Bertz CT molecular complexity index is 958. The van der Waals surface area contributed by atoms with Crippen LogP contribution in [0.4, 0.5) is 11.4 Å². The average Bonchev–Trinajstić information content (AvgIpc) is 2.66. The third-order valence-electron chi connectivity index (χ3n) is 3.82. The predicted molar refractivity (Wildman–Crippen MR) is 95.7 cm³/mol. The van der Waals surface area contributed by atoms with Crippen LogP contribution in [-0.4, -0.2) is 15.1 Å². The van der Waals surface area contributed by atoms with Gasteiger partial charge in [0, 0.05) is 11.6 Å². The van der Waals surface area contributed by atoms with Gasteiger partial charge < -0.3 is 10.2 Å². The highest BCUT2D eigenvalue weighted by Gasteiger charge is 2.20. The molecule has 3 aromatic rings. The van der Waals surface area contributed by atoms with E-state index in [-0.39, 0.29) is 22.9 Å². The van der Waals surface area contributed by atoms with E-state index in [0.717, 1.165) is 5.56 Å². The summed E-state index contributed by atoms with van der Waals surface area (Å²) >= 11 is 0. The highest BCUT2D eigenvalue weighted by atomic mass is 16.6. The SMILES string of the molecule is O=[N+]([O-])c1ccccc1N=NC(c1ccccc1)c1cccc(O)c1O. The van der Waals surface area contributed by atoms with Crippen LogP contribution in [-0.2, 0) is 0 Å². The Kier molecular flexibility index (Phi) is 4.89. The summed E-state index contributed by atoms with van der Waals surface area (Å²) in [7, 11) is 0. The number of nitrogens with zero attached hydrogens (tertiary/aromatic N) is 3. The number of hydrogen-bond donors (Lipinski definition) is 2. The van der Waals surface area contributed by atoms with Crippen molar-refractivity contribution in [2.24, 2.45) is 10.2 Å². The molecule has 1 atom stereocenters. The molecule has 3 rings (SSSR count). The Morgan fingerprint density at radius 1 is 0.885 bits per heavy atom. The summed E-state index contributed by atoms with van der Waals surface area (Å²) in [6.07, 6.45) is 0. The summed E-state index contributed by atoms with van der Waals surface area (Å²) in [4.78, 5) is 10.6. The lowest BCUT2D eigenvalue weighted by molar-refractivity contribution is -0.384. The maximum absolute atomic E-state index is 11.1. The highest BCUT2D eigenvalue weighted by Crippen LogP contribution is 2.39. The molecule has 0 aliphatic heterocycles. The number of rotatable bonds is 5. The van der Waals surface area contributed by atoms with Crippen LogP contribution >= 0.6 is 0 Å². The number of benzene rings is 3. The van der Waals surface area contributed by atoms with E-state index in [4.69, 9.17) is 0 Å². The summed E-state index contributed by atoms with van der Waals surface area (Å²) in [6.45, 7) is 0.